The van der Waals surface area contributed by atoms with Crippen molar-refractivity contribution in [1.29, 1.82) is 0 Å². The predicted octanol–water partition coefficient (Wildman–Crippen LogP) is -1.94. The number of aliphatic carboxylic acids is 1. The van der Waals surface area contributed by atoms with E-state index in [4.69, 9.17) is 0 Å². The summed E-state index contributed by atoms with van der Waals surface area (Å²) in [5.41, 5.74) is 2.15. The number of carboxylic acid groups (broad SMARTS) is 1. The molecule has 1 heterocycles. The fourth-order valence-corrected chi connectivity index (χ4v) is 2.37. The number of fused-ring (bicyclic) bond motifs is 2. The van der Waals surface area contributed by atoms with Crippen molar-refractivity contribution in [3.05, 3.63) is 47.7 Å². The van der Waals surface area contributed by atoms with Gasteiger partial charge in [-0.1, -0.05) is 18.2 Å². The van der Waals surface area contributed by atoms with Crippen LogP contribution >= 0.6 is 0 Å². The Morgan fingerprint density at radius 2 is 2.00 bits per heavy atom. The first-order chi connectivity index (χ1) is 9.15. The molecule has 0 radical (unpaired) electrons. The maximum absolute atomic E-state index is 11.8. The molecular weight excluding hydrogens is 265 g/mol. The fraction of sp³-hybridized carbons (Fsp3) is 0.133. The molecule has 0 saturated carbocycles. The Labute approximate surface area is 137 Å². The van der Waals surface area contributed by atoms with E-state index in [1.807, 2.05) is 30.3 Å². The first kappa shape index (κ1) is 14.9. The Hall–Kier alpha value is -1.49. The van der Waals surface area contributed by atoms with Gasteiger partial charge in [0.05, 0.1) is 17.1 Å². The Balaban J connectivity index is 0.00000147. The van der Waals surface area contributed by atoms with Crippen molar-refractivity contribution in [3.8, 4) is 0 Å². The Morgan fingerprint density at radius 1 is 1.25 bits per heavy atom. The Kier molecular flexibility index (Phi) is 4.38. The summed E-state index contributed by atoms with van der Waals surface area (Å²) in [6, 6.07) is 9.38. The fourth-order valence-electron chi connectivity index (χ4n) is 2.37. The predicted molar refractivity (Wildman–Crippen MR) is 68.1 cm³/mol. The maximum atomic E-state index is 11.8. The number of benzene rings is 1. The summed E-state index contributed by atoms with van der Waals surface area (Å²) in [4.78, 5) is 27.1. The zero-order valence-corrected chi connectivity index (χ0v) is 13.0. The minimum absolute atomic E-state index is 0. The van der Waals surface area contributed by atoms with Gasteiger partial charge in [0.2, 0.25) is 0 Å². The Bertz CT molecular complexity index is 724. The third-order valence-corrected chi connectivity index (χ3v) is 3.28. The van der Waals surface area contributed by atoms with E-state index < -0.39 is 11.9 Å². The summed E-state index contributed by atoms with van der Waals surface area (Å²) in [5, 5.41) is 11.7. The number of allylic oxidation sites excluding steroid dienone is 1. The van der Waals surface area contributed by atoms with Gasteiger partial charge < -0.3 is 9.90 Å². The third-order valence-electron chi connectivity index (χ3n) is 3.28. The minimum atomic E-state index is -1.23. The molecule has 3 rings (SSSR count). The van der Waals surface area contributed by atoms with Gasteiger partial charge in [0, 0.05) is 17.8 Å². The normalized spacial score (nSPS) is 16.6. The Morgan fingerprint density at radius 3 is 2.75 bits per heavy atom. The van der Waals surface area contributed by atoms with Crippen molar-refractivity contribution < 1.29 is 44.3 Å². The zero-order chi connectivity index (χ0) is 13.4. The monoisotopic (exact) mass is 275 g/mol. The smallest absolute Gasteiger partial charge is 0.550 e. The van der Waals surface area contributed by atoms with E-state index in [-0.39, 0.29) is 41.8 Å². The van der Waals surface area contributed by atoms with E-state index in [0.717, 1.165) is 10.9 Å². The molecule has 1 unspecified atom stereocenters. The van der Waals surface area contributed by atoms with Crippen LogP contribution in [0.25, 0.3) is 17.0 Å². The molecular formula is C15H10NNaO3. The maximum Gasteiger partial charge on any atom is 1.00 e. The third kappa shape index (κ3) is 2.68. The SMILES string of the molecule is O=C([O-])CC1C(=O)C=Cc2nc3ccccc3cc21.[Na+]. The molecule has 0 amide bonds. The molecule has 1 aliphatic carbocycles. The second kappa shape index (κ2) is 5.87. The van der Waals surface area contributed by atoms with E-state index in [0.29, 0.717) is 11.3 Å². The van der Waals surface area contributed by atoms with Crippen LogP contribution in [-0.2, 0) is 9.59 Å². The molecule has 1 aromatic carbocycles. The van der Waals surface area contributed by atoms with E-state index >= 15 is 0 Å². The van der Waals surface area contributed by atoms with Gasteiger partial charge in [-0.15, -0.1) is 0 Å². The van der Waals surface area contributed by atoms with Gasteiger partial charge in [-0.3, -0.25) is 4.79 Å². The van der Waals surface area contributed by atoms with Crippen LogP contribution in [0.4, 0.5) is 0 Å². The van der Waals surface area contributed by atoms with E-state index in [2.05, 4.69) is 4.98 Å². The molecule has 0 aliphatic heterocycles. The van der Waals surface area contributed by atoms with Crippen molar-refractivity contribution in [3.63, 3.8) is 0 Å². The average Bonchev–Trinajstić information content (AvgIpc) is 2.40. The van der Waals surface area contributed by atoms with E-state index in [9.17, 15) is 14.7 Å². The van der Waals surface area contributed by atoms with Gasteiger partial charge in [0.1, 0.15) is 0 Å². The molecule has 0 bridgehead atoms. The summed E-state index contributed by atoms with van der Waals surface area (Å²) >= 11 is 0. The van der Waals surface area contributed by atoms with Crippen LogP contribution in [-0.4, -0.2) is 16.7 Å². The quantitative estimate of drug-likeness (QED) is 0.598. The van der Waals surface area contributed by atoms with Gasteiger partial charge in [-0.25, -0.2) is 4.98 Å². The van der Waals surface area contributed by atoms with Crippen LogP contribution in [0.5, 0.6) is 0 Å². The van der Waals surface area contributed by atoms with Gasteiger partial charge in [-0.2, -0.15) is 0 Å². The van der Waals surface area contributed by atoms with Crippen LogP contribution in [0.2, 0.25) is 0 Å². The number of carbonyl (C=O) groups excluding carboxylic acids is 2. The molecule has 4 nitrogen and oxygen atoms in total. The number of aromatic nitrogens is 1. The molecule has 1 aromatic heterocycles. The zero-order valence-electron chi connectivity index (χ0n) is 11.0. The van der Waals surface area contributed by atoms with Crippen molar-refractivity contribution >= 4 is 28.7 Å². The number of para-hydroxylation sites is 1. The number of rotatable bonds is 2. The molecule has 0 spiro atoms. The summed E-state index contributed by atoms with van der Waals surface area (Å²) in [6.07, 6.45) is 2.71. The number of carbonyl (C=O) groups is 2. The van der Waals surface area contributed by atoms with Gasteiger partial charge in [-0.05, 0) is 29.8 Å². The van der Waals surface area contributed by atoms with Gasteiger partial charge >= 0.3 is 29.6 Å². The first-order valence-electron chi connectivity index (χ1n) is 5.96. The van der Waals surface area contributed by atoms with Crippen molar-refractivity contribution in [2.45, 2.75) is 12.3 Å². The van der Waals surface area contributed by atoms with E-state index in [1.165, 1.54) is 6.08 Å². The molecule has 0 saturated heterocycles. The van der Waals surface area contributed by atoms with E-state index in [1.54, 1.807) is 6.08 Å². The molecule has 94 valence electrons. The second-order valence-electron chi connectivity index (χ2n) is 4.52. The van der Waals surface area contributed by atoms with Crippen LogP contribution in [0.3, 0.4) is 0 Å². The molecule has 20 heavy (non-hydrogen) atoms. The van der Waals surface area contributed by atoms with Gasteiger partial charge in [0.25, 0.3) is 0 Å². The van der Waals surface area contributed by atoms with Crippen molar-refractivity contribution in [1.82, 2.24) is 4.98 Å². The largest absolute Gasteiger partial charge is 1.00 e. The second-order valence-corrected chi connectivity index (χ2v) is 4.52. The number of hydrogen-bond donors (Lipinski definition) is 0. The topological polar surface area (TPSA) is 70.1 Å². The summed E-state index contributed by atoms with van der Waals surface area (Å²) in [7, 11) is 0. The molecule has 0 N–H and O–H groups in total. The van der Waals surface area contributed by atoms with Crippen molar-refractivity contribution in [2.75, 3.05) is 0 Å². The van der Waals surface area contributed by atoms with Gasteiger partial charge in [0.15, 0.2) is 5.78 Å². The molecule has 0 fully saturated rings. The average molecular weight is 275 g/mol. The molecule has 2 aromatic rings. The number of pyridine rings is 1. The molecule has 1 aliphatic rings. The number of carboxylic acids is 1. The first-order valence-corrected chi connectivity index (χ1v) is 5.96. The number of nitrogens with zero attached hydrogens (tertiary/aromatic N) is 1. The summed E-state index contributed by atoms with van der Waals surface area (Å²) < 4.78 is 0. The number of hydrogen-bond acceptors (Lipinski definition) is 4. The summed E-state index contributed by atoms with van der Waals surface area (Å²) in [6.45, 7) is 0. The van der Waals surface area contributed by atoms with Crippen LogP contribution in [0.15, 0.2) is 36.4 Å². The standard InChI is InChI=1S/C15H11NO3.Na/c17-14-6-5-13-10(11(14)8-15(18)19)7-9-3-1-2-4-12(9)16-13;/h1-7,11H,8H2,(H,18,19);/q;+1/p-1. The van der Waals surface area contributed by atoms with Crippen LogP contribution in [0.1, 0.15) is 23.6 Å². The molecule has 5 heteroatoms. The van der Waals surface area contributed by atoms with Crippen LogP contribution < -0.4 is 34.7 Å². The minimum Gasteiger partial charge on any atom is -0.550 e. The summed E-state index contributed by atoms with van der Waals surface area (Å²) in [5.74, 6) is -2.14. The van der Waals surface area contributed by atoms with Crippen molar-refractivity contribution in [2.24, 2.45) is 0 Å². The van der Waals surface area contributed by atoms with Crippen LogP contribution in [0, 0.1) is 0 Å². The molecule has 1 atom stereocenters. The number of ketones is 1.